The molecule has 146 valence electrons. The minimum Gasteiger partial charge on any atom is -0.459 e. The fourth-order valence-electron chi connectivity index (χ4n) is 2.90. The number of para-hydroxylation sites is 1. The first kappa shape index (κ1) is 19.0. The van der Waals surface area contributed by atoms with Crippen LogP contribution in [0.15, 0.2) is 57.8 Å². The number of hydrogen-bond donors (Lipinski definition) is 2. The van der Waals surface area contributed by atoms with Gasteiger partial charge in [0.15, 0.2) is 0 Å². The van der Waals surface area contributed by atoms with Crippen LogP contribution >= 0.6 is 11.6 Å². The van der Waals surface area contributed by atoms with Crippen LogP contribution in [0.4, 0.5) is 0 Å². The van der Waals surface area contributed by atoms with Crippen LogP contribution in [0.3, 0.4) is 0 Å². The first-order chi connectivity index (χ1) is 13.3. The molecular formula is C20H19ClN2O4S. The zero-order valence-corrected chi connectivity index (χ0v) is 16.7. The molecule has 6 nitrogen and oxygen atoms in total. The van der Waals surface area contributed by atoms with Gasteiger partial charge in [-0.15, -0.1) is 0 Å². The highest BCUT2D eigenvalue weighted by molar-refractivity contribution is 7.89. The third kappa shape index (κ3) is 3.92. The second kappa shape index (κ2) is 7.24. The van der Waals surface area contributed by atoms with E-state index in [1.807, 2.05) is 30.3 Å². The Bertz CT molecular complexity index is 1120. The normalized spacial score (nSPS) is 15.5. The van der Waals surface area contributed by atoms with Crippen LogP contribution in [-0.4, -0.2) is 20.4 Å². The van der Waals surface area contributed by atoms with Crippen molar-refractivity contribution in [1.82, 2.24) is 10.0 Å². The van der Waals surface area contributed by atoms with E-state index in [4.69, 9.17) is 16.0 Å². The highest BCUT2D eigenvalue weighted by Gasteiger charge is 2.29. The van der Waals surface area contributed by atoms with E-state index in [9.17, 15) is 13.2 Å². The molecule has 0 radical (unpaired) electrons. The van der Waals surface area contributed by atoms with Gasteiger partial charge in [0, 0.05) is 17.0 Å². The van der Waals surface area contributed by atoms with E-state index in [-0.39, 0.29) is 27.6 Å². The largest absolute Gasteiger partial charge is 0.459 e. The zero-order valence-electron chi connectivity index (χ0n) is 15.1. The van der Waals surface area contributed by atoms with Gasteiger partial charge in [0.05, 0.1) is 11.1 Å². The molecule has 1 saturated carbocycles. The molecule has 0 saturated heterocycles. The molecule has 3 aromatic rings. The second-order valence-electron chi connectivity index (χ2n) is 6.92. The summed E-state index contributed by atoms with van der Waals surface area (Å²) in [5, 5.41) is 3.86. The van der Waals surface area contributed by atoms with Gasteiger partial charge in [0.2, 0.25) is 10.0 Å². The highest BCUT2D eigenvalue weighted by atomic mass is 35.5. The second-order valence-corrected chi connectivity index (χ2v) is 9.01. The fraction of sp³-hybridized carbons (Fsp3) is 0.250. The van der Waals surface area contributed by atoms with Gasteiger partial charge in [0.1, 0.15) is 16.2 Å². The number of fused-ring (bicyclic) bond motifs is 1. The Balaban J connectivity index is 1.55. The number of furan rings is 1. The van der Waals surface area contributed by atoms with E-state index >= 15 is 0 Å². The Morgan fingerprint density at radius 2 is 1.93 bits per heavy atom. The lowest BCUT2D eigenvalue weighted by Gasteiger charge is -2.13. The topological polar surface area (TPSA) is 88.4 Å². The fourth-order valence-corrected chi connectivity index (χ4v) is 4.73. The number of hydrogen-bond acceptors (Lipinski definition) is 4. The Morgan fingerprint density at radius 3 is 2.64 bits per heavy atom. The minimum absolute atomic E-state index is 0.0494. The van der Waals surface area contributed by atoms with Crippen LogP contribution < -0.4 is 10.0 Å². The van der Waals surface area contributed by atoms with Crippen LogP contribution in [0.2, 0.25) is 5.02 Å². The molecule has 0 bridgehead atoms. The van der Waals surface area contributed by atoms with E-state index in [0.717, 1.165) is 23.8 Å². The number of nitrogens with one attached hydrogen (secondary N) is 2. The number of carbonyl (C=O) groups excluding carboxylic acids is 1. The van der Waals surface area contributed by atoms with Gasteiger partial charge in [0.25, 0.3) is 5.91 Å². The molecule has 28 heavy (non-hydrogen) atoms. The van der Waals surface area contributed by atoms with Crippen molar-refractivity contribution in [3.05, 3.63) is 64.9 Å². The maximum absolute atomic E-state index is 12.7. The molecule has 2 aromatic carbocycles. The van der Waals surface area contributed by atoms with Crippen LogP contribution in [0, 0.1) is 0 Å². The van der Waals surface area contributed by atoms with E-state index in [1.54, 1.807) is 6.92 Å². The molecule has 0 unspecified atom stereocenters. The van der Waals surface area contributed by atoms with Gasteiger partial charge in [-0.25, -0.2) is 13.1 Å². The predicted octanol–water partition coefficient (Wildman–Crippen LogP) is 4.02. The number of benzene rings is 2. The van der Waals surface area contributed by atoms with Gasteiger partial charge in [-0.3, -0.25) is 4.79 Å². The first-order valence-corrected chi connectivity index (χ1v) is 10.8. The Kier molecular flexibility index (Phi) is 4.91. The minimum atomic E-state index is -3.76. The number of carbonyl (C=O) groups is 1. The van der Waals surface area contributed by atoms with E-state index in [0.29, 0.717) is 5.76 Å². The number of halogens is 1. The zero-order chi connectivity index (χ0) is 19.9. The van der Waals surface area contributed by atoms with Gasteiger partial charge in [-0.05, 0) is 50.1 Å². The molecule has 0 aliphatic heterocycles. The Labute approximate surface area is 167 Å². The summed E-state index contributed by atoms with van der Waals surface area (Å²) >= 11 is 6.07. The van der Waals surface area contributed by atoms with Gasteiger partial charge >= 0.3 is 0 Å². The number of amides is 1. The molecule has 4 rings (SSSR count). The predicted molar refractivity (Wildman–Crippen MR) is 107 cm³/mol. The van der Waals surface area contributed by atoms with Crippen LogP contribution in [0.25, 0.3) is 11.0 Å². The SMILES string of the molecule is C[C@H](NC(=O)c1ccc(Cl)c(S(=O)(=O)NC2CC2)c1)c1cc2ccccc2o1. The van der Waals surface area contributed by atoms with Crippen molar-refractivity contribution in [3.8, 4) is 0 Å². The van der Waals surface area contributed by atoms with E-state index in [1.165, 1.54) is 18.2 Å². The summed E-state index contributed by atoms with van der Waals surface area (Å²) in [4.78, 5) is 12.6. The van der Waals surface area contributed by atoms with E-state index in [2.05, 4.69) is 10.0 Å². The van der Waals surface area contributed by atoms with Crippen molar-refractivity contribution in [3.63, 3.8) is 0 Å². The van der Waals surface area contributed by atoms with Crippen LogP contribution in [-0.2, 0) is 10.0 Å². The summed E-state index contributed by atoms with van der Waals surface area (Å²) in [5.74, 6) is 0.208. The molecule has 2 N–H and O–H groups in total. The van der Waals surface area contributed by atoms with Gasteiger partial charge in [-0.1, -0.05) is 29.8 Å². The van der Waals surface area contributed by atoms with Crippen molar-refractivity contribution in [2.45, 2.75) is 36.7 Å². The molecule has 1 heterocycles. The summed E-state index contributed by atoms with van der Waals surface area (Å²) < 4.78 is 33.3. The van der Waals surface area contributed by atoms with Gasteiger partial charge < -0.3 is 9.73 Å². The van der Waals surface area contributed by atoms with Crippen molar-refractivity contribution < 1.29 is 17.6 Å². The molecular weight excluding hydrogens is 400 g/mol. The molecule has 1 aromatic heterocycles. The Hall–Kier alpha value is -2.35. The monoisotopic (exact) mass is 418 g/mol. The maximum Gasteiger partial charge on any atom is 0.251 e. The quantitative estimate of drug-likeness (QED) is 0.632. The first-order valence-electron chi connectivity index (χ1n) is 8.95. The average Bonchev–Trinajstić information content (AvgIpc) is 3.34. The number of sulfonamides is 1. The summed E-state index contributed by atoms with van der Waals surface area (Å²) in [6.07, 6.45) is 1.62. The van der Waals surface area contributed by atoms with Crippen molar-refractivity contribution in [1.29, 1.82) is 0 Å². The van der Waals surface area contributed by atoms with E-state index < -0.39 is 15.9 Å². The molecule has 1 fully saturated rings. The van der Waals surface area contributed by atoms with Crippen LogP contribution in [0.1, 0.15) is 41.9 Å². The van der Waals surface area contributed by atoms with Crippen molar-refractivity contribution in [2.75, 3.05) is 0 Å². The molecule has 1 aliphatic carbocycles. The number of rotatable bonds is 6. The third-order valence-electron chi connectivity index (χ3n) is 4.60. The standard InChI is InChI=1S/C20H19ClN2O4S/c1-12(18-10-13-4-2-3-5-17(13)27-18)22-20(24)14-6-9-16(21)19(11-14)28(25,26)23-15-7-8-15/h2-6,9-12,15,23H,7-8H2,1H3,(H,22,24)/t12-/m0/s1. The lowest BCUT2D eigenvalue weighted by molar-refractivity contribution is 0.0935. The third-order valence-corrected chi connectivity index (χ3v) is 6.60. The summed E-state index contributed by atoms with van der Waals surface area (Å²) in [5.41, 5.74) is 0.952. The lowest BCUT2D eigenvalue weighted by Crippen LogP contribution is -2.28. The molecule has 8 heteroatoms. The summed E-state index contributed by atoms with van der Waals surface area (Å²) in [7, 11) is -3.76. The van der Waals surface area contributed by atoms with Gasteiger partial charge in [-0.2, -0.15) is 0 Å². The van der Waals surface area contributed by atoms with Crippen molar-refractivity contribution >= 4 is 38.5 Å². The molecule has 0 spiro atoms. The van der Waals surface area contributed by atoms with Crippen molar-refractivity contribution in [2.24, 2.45) is 0 Å². The summed E-state index contributed by atoms with van der Waals surface area (Å²) in [6, 6.07) is 13.2. The molecule has 1 amide bonds. The maximum atomic E-state index is 12.7. The lowest BCUT2D eigenvalue weighted by atomic mass is 10.1. The molecule has 1 atom stereocenters. The smallest absolute Gasteiger partial charge is 0.251 e. The highest BCUT2D eigenvalue weighted by Crippen LogP contribution is 2.28. The average molecular weight is 419 g/mol. The summed E-state index contributed by atoms with van der Waals surface area (Å²) in [6.45, 7) is 1.80. The molecule has 1 aliphatic rings. The van der Waals surface area contributed by atoms with Crippen LogP contribution in [0.5, 0.6) is 0 Å². The Morgan fingerprint density at radius 1 is 1.18 bits per heavy atom.